The Labute approximate surface area is 76.8 Å². The van der Waals surface area contributed by atoms with Crippen LogP contribution in [0.1, 0.15) is 0 Å². The van der Waals surface area contributed by atoms with Crippen molar-refractivity contribution >= 4 is 26.7 Å². The lowest BCUT2D eigenvalue weighted by Crippen LogP contribution is -1.69. The number of aromatic nitrogens is 1. The van der Waals surface area contributed by atoms with Crippen molar-refractivity contribution in [1.29, 1.82) is 0 Å². The van der Waals surface area contributed by atoms with Gasteiger partial charge in [-0.1, -0.05) is 0 Å². The number of aromatic amines is 1. The molecule has 0 aliphatic heterocycles. The molecule has 0 atom stereocenters. The molecule has 0 saturated heterocycles. The van der Waals surface area contributed by atoms with Crippen LogP contribution in [0.2, 0.25) is 0 Å². The molecule has 0 saturated carbocycles. The Hall–Kier alpha value is -1.16. The smallest absolute Gasteiger partial charge is 0.197 e. The maximum atomic E-state index is 9.32. The van der Waals surface area contributed by atoms with Gasteiger partial charge in [-0.25, -0.2) is 0 Å². The molecule has 0 amide bonds. The summed E-state index contributed by atoms with van der Waals surface area (Å²) in [5.41, 5.74) is 0. The quantitative estimate of drug-likeness (QED) is 0.648. The van der Waals surface area contributed by atoms with Crippen molar-refractivity contribution in [1.82, 2.24) is 4.98 Å². The van der Waals surface area contributed by atoms with Crippen LogP contribution in [0.3, 0.4) is 0 Å². The van der Waals surface area contributed by atoms with Gasteiger partial charge in [0.25, 0.3) is 0 Å². The summed E-state index contributed by atoms with van der Waals surface area (Å²) in [4.78, 5) is 2.66. The minimum atomic E-state index is 0.108. The Kier molecular flexibility index (Phi) is 1.51. The summed E-state index contributed by atoms with van der Waals surface area (Å²) >= 11 is 3.24. The van der Waals surface area contributed by atoms with Crippen molar-refractivity contribution in [2.75, 3.05) is 0 Å². The summed E-state index contributed by atoms with van der Waals surface area (Å²) in [6.07, 6.45) is 1.63. The van der Waals surface area contributed by atoms with Crippen molar-refractivity contribution in [3.05, 3.63) is 22.8 Å². The zero-order valence-corrected chi connectivity index (χ0v) is 7.59. The number of H-pyrrole nitrogens is 1. The molecule has 1 aromatic carbocycles. The van der Waals surface area contributed by atoms with Crippen LogP contribution < -0.4 is 0 Å². The van der Waals surface area contributed by atoms with E-state index in [4.69, 9.17) is 0 Å². The largest absolute Gasteiger partial charge is 0.508 e. The van der Waals surface area contributed by atoms with Crippen LogP contribution >= 0.6 is 15.9 Å². The number of phenolic OH excluding ortho intramolecular Hbond substituents is 1. The summed E-state index contributed by atoms with van der Waals surface area (Å²) in [5.74, 6) is 0.283. The number of rotatable bonds is 0. The van der Waals surface area contributed by atoms with Gasteiger partial charge in [-0.05, 0) is 28.1 Å². The molecule has 12 heavy (non-hydrogen) atoms. The number of aromatic hydroxyl groups is 2. The number of phenols is 1. The molecule has 0 spiro atoms. The fourth-order valence-corrected chi connectivity index (χ4v) is 1.85. The van der Waals surface area contributed by atoms with Crippen LogP contribution in [0.4, 0.5) is 0 Å². The molecular formula is C8H6BrNO2. The summed E-state index contributed by atoms with van der Waals surface area (Å²) < 4.78 is 0.677. The first-order valence-electron chi connectivity index (χ1n) is 3.37. The summed E-state index contributed by atoms with van der Waals surface area (Å²) in [5, 5.41) is 20.0. The molecule has 0 unspecified atom stereocenters. The number of nitrogens with one attached hydrogen (secondary N) is 1. The number of benzene rings is 1. The molecular weight excluding hydrogens is 222 g/mol. The summed E-state index contributed by atoms with van der Waals surface area (Å²) in [6.45, 7) is 0. The van der Waals surface area contributed by atoms with E-state index in [-0.39, 0.29) is 11.6 Å². The molecule has 0 aliphatic rings. The monoisotopic (exact) mass is 227 g/mol. The van der Waals surface area contributed by atoms with Crippen LogP contribution in [0.15, 0.2) is 22.8 Å². The summed E-state index contributed by atoms with van der Waals surface area (Å²) in [7, 11) is 0. The van der Waals surface area contributed by atoms with E-state index < -0.39 is 0 Å². The minimum absolute atomic E-state index is 0.108. The molecule has 62 valence electrons. The fraction of sp³-hybridized carbons (Fsp3) is 0. The highest BCUT2D eigenvalue weighted by Crippen LogP contribution is 2.34. The van der Waals surface area contributed by atoms with E-state index in [1.165, 1.54) is 6.07 Å². The van der Waals surface area contributed by atoms with E-state index in [1.807, 2.05) is 0 Å². The Morgan fingerprint density at radius 3 is 2.75 bits per heavy atom. The van der Waals surface area contributed by atoms with Gasteiger partial charge in [0, 0.05) is 16.1 Å². The van der Waals surface area contributed by atoms with E-state index in [0.29, 0.717) is 9.86 Å². The zero-order valence-electron chi connectivity index (χ0n) is 6.00. The average molecular weight is 228 g/mol. The number of halogens is 1. The van der Waals surface area contributed by atoms with Gasteiger partial charge in [0.15, 0.2) is 5.88 Å². The predicted molar refractivity (Wildman–Crippen MR) is 49.3 cm³/mol. The Balaban J connectivity index is 2.93. The zero-order chi connectivity index (χ0) is 8.72. The van der Waals surface area contributed by atoms with Crippen LogP contribution in [0, 0.1) is 0 Å². The first kappa shape index (κ1) is 7.49. The molecule has 4 heteroatoms. The van der Waals surface area contributed by atoms with E-state index >= 15 is 0 Å². The lowest BCUT2D eigenvalue weighted by Gasteiger charge is -1.96. The SMILES string of the molecule is Oc1cc(Br)c2c(O)[nH]cc2c1. The second-order valence-corrected chi connectivity index (χ2v) is 3.38. The van der Waals surface area contributed by atoms with Gasteiger partial charge in [0.2, 0.25) is 0 Å². The van der Waals surface area contributed by atoms with Gasteiger partial charge in [-0.2, -0.15) is 0 Å². The molecule has 1 aromatic heterocycles. The van der Waals surface area contributed by atoms with Gasteiger partial charge in [0.1, 0.15) is 5.75 Å². The third kappa shape index (κ3) is 0.956. The lowest BCUT2D eigenvalue weighted by molar-refractivity contribution is 0.462. The third-order valence-electron chi connectivity index (χ3n) is 1.71. The molecule has 0 aliphatic carbocycles. The predicted octanol–water partition coefficient (Wildman–Crippen LogP) is 2.34. The maximum absolute atomic E-state index is 9.32. The molecule has 0 bridgehead atoms. The van der Waals surface area contributed by atoms with Gasteiger partial charge in [0.05, 0.1) is 5.39 Å². The molecule has 2 aromatic rings. The van der Waals surface area contributed by atoms with Gasteiger partial charge in [-0.3, -0.25) is 0 Å². The Morgan fingerprint density at radius 1 is 1.25 bits per heavy atom. The van der Waals surface area contributed by atoms with Crippen molar-refractivity contribution < 1.29 is 10.2 Å². The van der Waals surface area contributed by atoms with Crippen molar-refractivity contribution in [2.24, 2.45) is 0 Å². The van der Waals surface area contributed by atoms with E-state index in [9.17, 15) is 10.2 Å². The van der Waals surface area contributed by atoms with Crippen LogP contribution in [-0.4, -0.2) is 15.2 Å². The summed E-state index contributed by atoms with van der Waals surface area (Å²) in [6, 6.07) is 3.12. The first-order chi connectivity index (χ1) is 5.68. The second-order valence-electron chi connectivity index (χ2n) is 2.53. The van der Waals surface area contributed by atoms with E-state index in [1.54, 1.807) is 12.3 Å². The molecule has 2 rings (SSSR count). The number of fused-ring (bicyclic) bond motifs is 1. The average Bonchev–Trinajstić information content (AvgIpc) is 2.31. The maximum Gasteiger partial charge on any atom is 0.197 e. The van der Waals surface area contributed by atoms with E-state index in [2.05, 4.69) is 20.9 Å². The molecule has 0 radical (unpaired) electrons. The van der Waals surface area contributed by atoms with Crippen molar-refractivity contribution in [2.45, 2.75) is 0 Å². The molecule has 0 fully saturated rings. The number of hydrogen-bond donors (Lipinski definition) is 3. The number of hydrogen-bond acceptors (Lipinski definition) is 2. The lowest BCUT2D eigenvalue weighted by atomic mass is 10.2. The fourth-order valence-electron chi connectivity index (χ4n) is 1.19. The van der Waals surface area contributed by atoms with Crippen LogP contribution in [-0.2, 0) is 0 Å². The first-order valence-corrected chi connectivity index (χ1v) is 4.16. The van der Waals surface area contributed by atoms with Gasteiger partial charge >= 0.3 is 0 Å². The van der Waals surface area contributed by atoms with Crippen LogP contribution in [0.5, 0.6) is 11.6 Å². The molecule has 1 heterocycles. The third-order valence-corrected chi connectivity index (χ3v) is 2.33. The van der Waals surface area contributed by atoms with Crippen molar-refractivity contribution in [3.8, 4) is 11.6 Å². The Bertz CT molecular complexity index is 436. The normalized spacial score (nSPS) is 10.8. The van der Waals surface area contributed by atoms with Crippen LogP contribution in [0.25, 0.3) is 10.8 Å². The minimum Gasteiger partial charge on any atom is -0.508 e. The van der Waals surface area contributed by atoms with E-state index in [0.717, 1.165) is 5.39 Å². The highest BCUT2D eigenvalue weighted by atomic mass is 79.9. The van der Waals surface area contributed by atoms with Gasteiger partial charge < -0.3 is 15.2 Å². The highest BCUT2D eigenvalue weighted by molar-refractivity contribution is 9.10. The van der Waals surface area contributed by atoms with Crippen molar-refractivity contribution in [3.63, 3.8) is 0 Å². The molecule has 3 nitrogen and oxygen atoms in total. The standard InChI is InChI=1S/C8H6BrNO2/c9-6-2-5(11)1-4-3-10-8(12)7(4)6/h1-3,10-12H. The topological polar surface area (TPSA) is 56.2 Å². The molecule has 3 N–H and O–H groups in total. The highest BCUT2D eigenvalue weighted by Gasteiger charge is 2.06. The second kappa shape index (κ2) is 2.42. The van der Waals surface area contributed by atoms with Gasteiger partial charge in [-0.15, -0.1) is 0 Å². The Morgan fingerprint density at radius 2 is 2.00 bits per heavy atom.